The van der Waals surface area contributed by atoms with Gasteiger partial charge in [-0.2, -0.15) is 0 Å². The second kappa shape index (κ2) is 4.14. The van der Waals surface area contributed by atoms with Gasteiger partial charge >= 0.3 is 0 Å². The van der Waals surface area contributed by atoms with Crippen molar-refractivity contribution in [1.29, 1.82) is 0 Å². The summed E-state index contributed by atoms with van der Waals surface area (Å²) >= 11 is 0. The molecule has 0 aliphatic carbocycles. The second-order valence-electron chi connectivity index (χ2n) is 3.33. The summed E-state index contributed by atoms with van der Waals surface area (Å²) in [5.74, 6) is 0.0856. The Bertz CT molecular complexity index is 308. The maximum absolute atomic E-state index is 11.0. The van der Waals surface area contributed by atoms with Gasteiger partial charge in [-0.25, -0.2) is 0 Å². The van der Waals surface area contributed by atoms with Crippen molar-refractivity contribution in [3.8, 4) is 0 Å². The fraction of sp³-hybridized carbons (Fsp3) is 0.400. The number of pyridine rings is 1. The average molecular weight is 178 g/mol. The van der Waals surface area contributed by atoms with Crippen LogP contribution >= 0.6 is 0 Å². The molecule has 70 valence electrons. The Kier molecular flexibility index (Phi) is 3.14. The maximum atomic E-state index is 11.0. The molecular formula is C10H14N2O. The number of hydrogen-bond acceptors (Lipinski definition) is 3. The zero-order chi connectivity index (χ0) is 9.84. The van der Waals surface area contributed by atoms with Crippen LogP contribution in [0.1, 0.15) is 23.0 Å². The highest BCUT2D eigenvalue weighted by Gasteiger charge is 2.01. The largest absolute Gasteiger partial charge is 0.304 e. The standard InChI is InChI=1S/C10H14N2O/c1-8(13)9-4-5-11-10(6-9)7-12(2)3/h4-6H,7H2,1-3H3. The van der Waals surface area contributed by atoms with E-state index in [1.807, 2.05) is 25.1 Å². The molecule has 0 aliphatic rings. The van der Waals surface area contributed by atoms with E-state index < -0.39 is 0 Å². The molecule has 0 radical (unpaired) electrons. The monoisotopic (exact) mass is 178 g/mol. The van der Waals surface area contributed by atoms with E-state index in [0.29, 0.717) is 0 Å². The van der Waals surface area contributed by atoms with Crippen molar-refractivity contribution in [3.63, 3.8) is 0 Å². The first-order valence-corrected chi connectivity index (χ1v) is 4.20. The smallest absolute Gasteiger partial charge is 0.159 e. The Hall–Kier alpha value is -1.22. The van der Waals surface area contributed by atoms with Gasteiger partial charge in [0, 0.05) is 18.3 Å². The molecule has 3 heteroatoms. The third kappa shape index (κ3) is 2.95. The van der Waals surface area contributed by atoms with Gasteiger partial charge in [0.1, 0.15) is 0 Å². The van der Waals surface area contributed by atoms with Gasteiger partial charge in [-0.05, 0) is 33.2 Å². The summed E-state index contributed by atoms with van der Waals surface area (Å²) in [7, 11) is 3.95. The lowest BCUT2D eigenvalue weighted by atomic mass is 10.1. The summed E-state index contributed by atoms with van der Waals surface area (Å²) in [6.07, 6.45) is 1.68. The molecule has 0 aliphatic heterocycles. The predicted octanol–water partition coefficient (Wildman–Crippen LogP) is 1.35. The van der Waals surface area contributed by atoms with Gasteiger partial charge < -0.3 is 4.90 Å². The van der Waals surface area contributed by atoms with Crippen LogP contribution in [0.3, 0.4) is 0 Å². The normalized spacial score (nSPS) is 10.5. The fourth-order valence-corrected chi connectivity index (χ4v) is 1.11. The predicted molar refractivity (Wildman–Crippen MR) is 51.6 cm³/mol. The van der Waals surface area contributed by atoms with E-state index in [1.165, 1.54) is 0 Å². The van der Waals surface area contributed by atoms with Crippen molar-refractivity contribution in [2.24, 2.45) is 0 Å². The van der Waals surface area contributed by atoms with Crippen LogP contribution < -0.4 is 0 Å². The van der Waals surface area contributed by atoms with Crippen LogP contribution in [-0.2, 0) is 6.54 Å². The van der Waals surface area contributed by atoms with Gasteiger partial charge in [0.15, 0.2) is 5.78 Å². The average Bonchev–Trinajstić information content (AvgIpc) is 2.03. The minimum atomic E-state index is 0.0856. The second-order valence-corrected chi connectivity index (χ2v) is 3.33. The van der Waals surface area contributed by atoms with Crippen molar-refractivity contribution in [1.82, 2.24) is 9.88 Å². The molecule has 0 unspecified atom stereocenters. The van der Waals surface area contributed by atoms with Crippen LogP contribution in [0.25, 0.3) is 0 Å². The minimum Gasteiger partial charge on any atom is -0.304 e. The molecule has 1 aromatic rings. The molecule has 0 saturated carbocycles. The first-order chi connectivity index (χ1) is 6.09. The molecular weight excluding hydrogens is 164 g/mol. The van der Waals surface area contributed by atoms with Crippen molar-refractivity contribution in [3.05, 3.63) is 29.6 Å². The fourth-order valence-electron chi connectivity index (χ4n) is 1.11. The van der Waals surface area contributed by atoms with Gasteiger partial charge in [0.25, 0.3) is 0 Å². The number of Topliss-reactive ketones (excluding diaryl/α,β-unsaturated/α-hetero) is 1. The molecule has 0 spiro atoms. The molecule has 0 aromatic carbocycles. The number of hydrogen-bond donors (Lipinski definition) is 0. The molecule has 1 heterocycles. The zero-order valence-electron chi connectivity index (χ0n) is 8.24. The number of carbonyl (C=O) groups is 1. The highest BCUT2D eigenvalue weighted by molar-refractivity contribution is 5.93. The maximum Gasteiger partial charge on any atom is 0.159 e. The van der Waals surface area contributed by atoms with Crippen LogP contribution in [0.5, 0.6) is 0 Å². The number of nitrogens with zero attached hydrogens (tertiary/aromatic N) is 2. The summed E-state index contributed by atoms with van der Waals surface area (Å²) < 4.78 is 0. The molecule has 0 atom stereocenters. The van der Waals surface area contributed by atoms with Gasteiger partial charge in [-0.15, -0.1) is 0 Å². The summed E-state index contributed by atoms with van der Waals surface area (Å²) in [6.45, 7) is 2.33. The third-order valence-corrected chi connectivity index (χ3v) is 1.70. The van der Waals surface area contributed by atoms with E-state index in [9.17, 15) is 4.79 Å². The molecule has 0 bridgehead atoms. The van der Waals surface area contributed by atoms with Crippen LogP contribution in [0.2, 0.25) is 0 Å². The molecule has 0 N–H and O–H groups in total. The SMILES string of the molecule is CC(=O)c1ccnc(CN(C)C)c1. The lowest BCUT2D eigenvalue weighted by Crippen LogP contribution is -2.12. The van der Waals surface area contributed by atoms with E-state index in [0.717, 1.165) is 17.8 Å². The van der Waals surface area contributed by atoms with Crippen LogP contribution in [0, 0.1) is 0 Å². The number of ketones is 1. The number of carbonyl (C=O) groups excluding carboxylic acids is 1. The Balaban J connectivity index is 2.85. The molecule has 0 amide bonds. The van der Waals surface area contributed by atoms with Crippen molar-refractivity contribution in [2.45, 2.75) is 13.5 Å². The summed E-state index contributed by atoms with van der Waals surface area (Å²) in [6, 6.07) is 3.57. The van der Waals surface area contributed by atoms with Gasteiger partial charge in [0.05, 0.1) is 5.69 Å². The first-order valence-electron chi connectivity index (χ1n) is 4.20. The van der Waals surface area contributed by atoms with Gasteiger partial charge in [-0.1, -0.05) is 0 Å². The molecule has 0 fully saturated rings. The van der Waals surface area contributed by atoms with Crippen molar-refractivity contribution >= 4 is 5.78 Å². The summed E-state index contributed by atoms with van der Waals surface area (Å²) in [4.78, 5) is 17.2. The van der Waals surface area contributed by atoms with Gasteiger partial charge in [0.2, 0.25) is 0 Å². The van der Waals surface area contributed by atoms with E-state index in [1.54, 1.807) is 19.2 Å². The van der Waals surface area contributed by atoms with Crippen molar-refractivity contribution < 1.29 is 4.79 Å². The molecule has 3 nitrogen and oxygen atoms in total. The molecule has 1 rings (SSSR count). The molecule has 1 aromatic heterocycles. The lowest BCUT2D eigenvalue weighted by Gasteiger charge is -2.08. The van der Waals surface area contributed by atoms with E-state index in [2.05, 4.69) is 4.98 Å². The topological polar surface area (TPSA) is 33.2 Å². The van der Waals surface area contributed by atoms with Crippen LogP contribution in [-0.4, -0.2) is 29.8 Å². The summed E-state index contributed by atoms with van der Waals surface area (Å²) in [5, 5.41) is 0. The van der Waals surface area contributed by atoms with Crippen molar-refractivity contribution in [2.75, 3.05) is 14.1 Å². The van der Waals surface area contributed by atoms with Crippen LogP contribution in [0.4, 0.5) is 0 Å². The number of aromatic nitrogens is 1. The summed E-state index contributed by atoms with van der Waals surface area (Å²) in [5.41, 5.74) is 1.66. The minimum absolute atomic E-state index is 0.0856. The first kappa shape index (κ1) is 9.86. The Morgan fingerprint density at radius 3 is 2.77 bits per heavy atom. The third-order valence-electron chi connectivity index (χ3n) is 1.70. The quantitative estimate of drug-likeness (QED) is 0.655. The Morgan fingerprint density at radius 2 is 2.23 bits per heavy atom. The molecule has 0 saturated heterocycles. The van der Waals surface area contributed by atoms with E-state index >= 15 is 0 Å². The highest BCUT2D eigenvalue weighted by Crippen LogP contribution is 2.03. The Labute approximate surface area is 78.4 Å². The number of rotatable bonds is 3. The molecule has 13 heavy (non-hydrogen) atoms. The van der Waals surface area contributed by atoms with Crippen LogP contribution in [0.15, 0.2) is 18.3 Å². The van der Waals surface area contributed by atoms with E-state index in [4.69, 9.17) is 0 Å². The van der Waals surface area contributed by atoms with E-state index in [-0.39, 0.29) is 5.78 Å². The highest BCUT2D eigenvalue weighted by atomic mass is 16.1. The van der Waals surface area contributed by atoms with Gasteiger partial charge in [-0.3, -0.25) is 9.78 Å². The zero-order valence-corrected chi connectivity index (χ0v) is 8.24. The Morgan fingerprint density at radius 1 is 1.54 bits per heavy atom. The lowest BCUT2D eigenvalue weighted by molar-refractivity contribution is 0.101.